The van der Waals surface area contributed by atoms with Crippen LogP contribution in [0.5, 0.6) is 0 Å². The Morgan fingerprint density at radius 2 is 2.11 bits per heavy atom. The molecule has 2 aromatic rings. The number of rotatable bonds is 5. The molecule has 2 aliphatic rings. The van der Waals surface area contributed by atoms with Crippen LogP contribution in [0, 0.1) is 0 Å². The van der Waals surface area contributed by atoms with Crippen molar-refractivity contribution in [3.63, 3.8) is 0 Å². The third-order valence-corrected chi connectivity index (χ3v) is 3.85. The zero-order valence-corrected chi connectivity index (χ0v) is 10.9. The molecule has 0 saturated heterocycles. The highest BCUT2D eigenvalue weighted by Gasteiger charge is 2.26. The maximum atomic E-state index is 4.67. The Morgan fingerprint density at radius 3 is 2.89 bits per heavy atom. The first-order valence-corrected chi connectivity index (χ1v) is 7.13. The van der Waals surface area contributed by atoms with Gasteiger partial charge >= 0.3 is 0 Å². The molecule has 2 aliphatic carbocycles. The van der Waals surface area contributed by atoms with E-state index in [1.165, 1.54) is 36.9 Å². The molecule has 0 amide bonds. The number of nitrogens with zero attached hydrogens (tertiary/aromatic N) is 3. The summed E-state index contributed by atoms with van der Waals surface area (Å²) in [6, 6.07) is 6.98. The predicted octanol–water partition coefficient (Wildman–Crippen LogP) is 2.40. The molecule has 4 rings (SSSR count). The third-order valence-electron chi connectivity index (χ3n) is 3.85. The molecule has 0 spiro atoms. The van der Waals surface area contributed by atoms with Gasteiger partial charge < -0.3 is 5.32 Å². The number of pyridine rings is 1. The van der Waals surface area contributed by atoms with Crippen molar-refractivity contribution < 1.29 is 0 Å². The van der Waals surface area contributed by atoms with E-state index in [9.17, 15) is 0 Å². The van der Waals surface area contributed by atoms with E-state index in [0.717, 1.165) is 12.4 Å². The van der Waals surface area contributed by atoms with Crippen molar-refractivity contribution in [2.24, 2.45) is 0 Å². The molecule has 19 heavy (non-hydrogen) atoms. The Balaban J connectivity index is 1.60. The van der Waals surface area contributed by atoms with Crippen LogP contribution in [0.15, 0.2) is 30.6 Å². The summed E-state index contributed by atoms with van der Waals surface area (Å²) in [5.74, 6) is 1.65. The van der Waals surface area contributed by atoms with Gasteiger partial charge in [0.1, 0.15) is 0 Å². The molecule has 2 fully saturated rings. The summed E-state index contributed by atoms with van der Waals surface area (Å²) in [5, 5.41) is 8.22. The second kappa shape index (κ2) is 4.46. The molecule has 0 aliphatic heterocycles. The summed E-state index contributed by atoms with van der Waals surface area (Å²) in [6.07, 6.45) is 9.07. The van der Waals surface area contributed by atoms with Crippen molar-refractivity contribution in [2.75, 3.05) is 0 Å². The molecular weight excluding hydrogens is 236 g/mol. The Hall–Kier alpha value is -1.68. The Labute approximate surface area is 112 Å². The minimum Gasteiger partial charge on any atom is -0.310 e. The lowest BCUT2D eigenvalue weighted by molar-refractivity contribution is 0.675. The lowest BCUT2D eigenvalue weighted by Gasteiger charge is -2.09. The van der Waals surface area contributed by atoms with E-state index in [2.05, 4.69) is 27.5 Å². The Bertz CT molecular complexity index is 581. The van der Waals surface area contributed by atoms with Crippen LogP contribution in [0.25, 0.3) is 5.82 Å². The summed E-state index contributed by atoms with van der Waals surface area (Å²) in [4.78, 5) is 4.50. The zero-order chi connectivity index (χ0) is 12.7. The van der Waals surface area contributed by atoms with Gasteiger partial charge in [0.2, 0.25) is 0 Å². The van der Waals surface area contributed by atoms with Gasteiger partial charge in [0.05, 0.1) is 5.69 Å². The van der Waals surface area contributed by atoms with Gasteiger partial charge in [-0.1, -0.05) is 6.07 Å². The smallest absolute Gasteiger partial charge is 0.157 e. The average molecular weight is 254 g/mol. The number of aromatic nitrogens is 3. The molecule has 0 radical (unpaired) electrons. The second-order valence-electron chi connectivity index (χ2n) is 5.60. The molecule has 0 bridgehead atoms. The summed E-state index contributed by atoms with van der Waals surface area (Å²) < 4.78 is 1.93. The van der Waals surface area contributed by atoms with Gasteiger partial charge in [-0.15, -0.1) is 0 Å². The number of hydrogen-bond donors (Lipinski definition) is 1. The van der Waals surface area contributed by atoms with E-state index in [0.29, 0.717) is 12.0 Å². The second-order valence-corrected chi connectivity index (χ2v) is 5.60. The van der Waals surface area contributed by atoms with Crippen LogP contribution in [-0.4, -0.2) is 20.8 Å². The monoisotopic (exact) mass is 254 g/mol. The van der Waals surface area contributed by atoms with Crippen molar-refractivity contribution in [1.82, 2.24) is 20.1 Å². The first-order chi connectivity index (χ1) is 9.40. The first-order valence-electron chi connectivity index (χ1n) is 7.13. The summed E-state index contributed by atoms with van der Waals surface area (Å²) >= 11 is 0. The Kier molecular flexibility index (Phi) is 2.62. The van der Waals surface area contributed by atoms with Crippen LogP contribution >= 0.6 is 0 Å². The maximum absolute atomic E-state index is 4.67. The van der Waals surface area contributed by atoms with Crippen molar-refractivity contribution in [1.29, 1.82) is 0 Å². The van der Waals surface area contributed by atoms with Crippen molar-refractivity contribution >= 4 is 0 Å². The van der Waals surface area contributed by atoms with Crippen LogP contribution < -0.4 is 5.32 Å². The normalized spacial score (nSPS) is 18.7. The molecule has 0 unspecified atom stereocenters. The fraction of sp³-hybridized carbons (Fsp3) is 0.467. The van der Waals surface area contributed by atoms with Crippen LogP contribution in [0.4, 0.5) is 0 Å². The standard InChI is InChI=1S/C15H18N4/c1-2-12(10-17-13-5-6-13)15(16-8-1)19-9-7-14(18-19)11-3-4-11/h1-2,7-9,11,13,17H,3-6,10H2. The van der Waals surface area contributed by atoms with Crippen LogP contribution in [0.3, 0.4) is 0 Å². The predicted molar refractivity (Wildman–Crippen MR) is 73.2 cm³/mol. The van der Waals surface area contributed by atoms with Gasteiger partial charge in [0.15, 0.2) is 5.82 Å². The lowest BCUT2D eigenvalue weighted by atomic mass is 10.2. The van der Waals surface area contributed by atoms with Gasteiger partial charge in [-0.2, -0.15) is 5.10 Å². The highest BCUT2D eigenvalue weighted by Crippen LogP contribution is 2.39. The van der Waals surface area contributed by atoms with Gasteiger partial charge in [0.25, 0.3) is 0 Å². The largest absolute Gasteiger partial charge is 0.310 e. The molecular formula is C15H18N4. The van der Waals surface area contributed by atoms with E-state index < -0.39 is 0 Å². The van der Waals surface area contributed by atoms with Gasteiger partial charge in [-0.25, -0.2) is 9.67 Å². The van der Waals surface area contributed by atoms with E-state index in [4.69, 9.17) is 0 Å². The molecule has 0 atom stereocenters. The van der Waals surface area contributed by atoms with Crippen LogP contribution in [0.2, 0.25) is 0 Å². The molecule has 0 aromatic carbocycles. The highest BCUT2D eigenvalue weighted by molar-refractivity contribution is 5.33. The molecule has 98 valence electrons. The van der Waals surface area contributed by atoms with Gasteiger partial charge in [-0.05, 0) is 37.8 Å². The van der Waals surface area contributed by atoms with Crippen molar-refractivity contribution in [2.45, 2.75) is 44.2 Å². The Morgan fingerprint density at radius 1 is 1.21 bits per heavy atom. The minimum atomic E-state index is 0.693. The van der Waals surface area contributed by atoms with E-state index in [-0.39, 0.29) is 0 Å². The molecule has 2 heterocycles. The average Bonchev–Trinajstić information content (AvgIpc) is 3.37. The van der Waals surface area contributed by atoms with Crippen molar-refractivity contribution in [3.8, 4) is 5.82 Å². The first kappa shape index (κ1) is 11.2. The van der Waals surface area contributed by atoms with Gasteiger partial charge in [-0.3, -0.25) is 0 Å². The summed E-state index contributed by atoms with van der Waals surface area (Å²) in [7, 11) is 0. The fourth-order valence-corrected chi connectivity index (χ4v) is 2.37. The van der Waals surface area contributed by atoms with E-state index in [1.54, 1.807) is 0 Å². The maximum Gasteiger partial charge on any atom is 0.157 e. The number of hydrogen-bond acceptors (Lipinski definition) is 3. The lowest BCUT2D eigenvalue weighted by Crippen LogP contribution is -2.17. The van der Waals surface area contributed by atoms with Crippen LogP contribution in [0.1, 0.15) is 42.9 Å². The third kappa shape index (κ3) is 2.40. The quantitative estimate of drug-likeness (QED) is 0.891. The van der Waals surface area contributed by atoms with Crippen molar-refractivity contribution in [3.05, 3.63) is 41.9 Å². The molecule has 1 N–H and O–H groups in total. The summed E-state index contributed by atoms with van der Waals surface area (Å²) in [6.45, 7) is 0.881. The summed E-state index contributed by atoms with van der Waals surface area (Å²) in [5.41, 5.74) is 2.44. The molecule has 4 nitrogen and oxygen atoms in total. The fourth-order valence-electron chi connectivity index (χ4n) is 2.37. The number of nitrogens with one attached hydrogen (secondary N) is 1. The SMILES string of the molecule is c1cnc(-n2ccc(C3CC3)n2)c(CNC2CC2)c1. The topological polar surface area (TPSA) is 42.7 Å². The minimum absolute atomic E-state index is 0.693. The van der Waals surface area contributed by atoms with Crippen LogP contribution in [-0.2, 0) is 6.54 Å². The molecule has 4 heteroatoms. The molecule has 2 saturated carbocycles. The molecule has 2 aromatic heterocycles. The van der Waals surface area contributed by atoms with Gasteiger partial charge in [0, 0.05) is 36.5 Å². The van der Waals surface area contributed by atoms with E-state index in [1.807, 2.05) is 23.1 Å². The van der Waals surface area contributed by atoms with E-state index >= 15 is 0 Å². The zero-order valence-electron chi connectivity index (χ0n) is 10.9. The highest BCUT2D eigenvalue weighted by atomic mass is 15.3.